The summed E-state index contributed by atoms with van der Waals surface area (Å²) in [5.74, 6) is -0.274. The Kier molecular flexibility index (Phi) is 6.00. The summed E-state index contributed by atoms with van der Waals surface area (Å²) < 4.78 is 13.6. The van der Waals surface area contributed by atoms with Crippen LogP contribution in [0.4, 0.5) is 4.39 Å². The average molecular weight is 281 g/mol. The summed E-state index contributed by atoms with van der Waals surface area (Å²) >= 11 is 3.21. The number of nitrogens with two attached hydrogens (primary N) is 1. The second-order valence-electron chi connectivity index (χ2n) is 2.83. The summed E-state index contributed by atoms with van der Waals surface area (Å²) in [5.41, 5.74) is 6.57. The zero-order valence-electron chi connectivity index (χ0n) is 7.54. The van der Waals surface area contributed by atoms with Gasteiger partial charge in [-0.15, -0.1) is 19.0 Å². The van der Waals surface area contributed by atoms with Crippen LogP contribution in [-0.2, 0) is 0 Å². The molecule has 0 aliphatic heterocycles. The molecular formula is C10H12BrClFN. The Hall–Kier alpha value is -0.380. The fourth-order valence-electron chi connectivity index (χ4n) is 1.10. The van der Waals surface area contributed by atoms with Gasteiger partial charge in [0, 0.05) is 10.5 Å². The second-order valence-corrected chi connectivity index (χ2v) is 3.75. The molecule has 0 aromatic heterocycles. The second kappa shape index (κ2) is 6.17. The van der Waals surface area contributed by atoms with Crippen LogP contribution >= 0.6 is 28.3 Å². The lowest BCUT2D eigenvalue weighted by Crippen LogP contribution is -2.09. The highest BCUT2D eigenvalue weighted by Gasteiger charge is 2.06. The Morgan fingerprint density at radius 3 is 2.64 bits per heavy atom. The lowest BCUT2D eigenvalue weighted by Gasteiger charge is -2.09. The normalized spacial score (nSPS) is 11.6. The predicted molar refractivity (Wildman–Crippen MR) is 63.1 cm³/mol. The Balaban J connectivity index is 0.00000169. The van der Waals surface area contributed by atoms with E-state index in [2.05, 4.69) is 22.5 Å². The molecule has 1 rings (SSSR count). The number of rotatable bonds is 3. The molecule has 1 nitrogen and oxygen atoms in total. The first-order chi connectivity index (χ1) is 6.13. The average Bonchev–Trinajstić information content (AvgIpc) is 2.03. The zero-order valence-corrected chi connectivity index (χ0v) is 9.94. The fraction of sp³-hybridized carbons (Fsp3) is 0.200. The van der Waals surface area contributed by atoms with Crippen molar-refractivity contribution in [1.29, 1.82) is 0 Å². The minimum absolute atomic E-state index is 0. The summed E-state index contributed by atoms with van der Waals surface area (Å²) in [6.45, 7) is 3.59. The van der Waals surface area contributed by atoms with E-state index in [4.69, 9.17) is 5.73 Å². The Bertz CT molecular complexity index is 297. The van der Waals surface area contributed by atoms with E-state index < -0.39 is 0 Å². The lowest BCUT2D eigenvalue weighted by atomic mass is 10.1. The molecule has 0 fully saturated rings. The third-order valence-corrected chi connectivity index (χ3v) is 2.19. The molecule has 0 bridgehead atoms. The van der Waals surface area contributed by atoms with E-state index in [-0.39, 0.29) is 24.3 Å². The Morgan fingerprint density at radius 2 is 2.14 bits per heavy atom. The van der Waals surface area contributed by atoms with Crippen molar-refractivity contribution in [1.82, 2.24) is 0 Å². The van der Waals surface area contributed by atoms with Crippen LogP contribution in [0.25, 0.3) is 0 Å². The van der Waals surface area contributed by atoms with Gasteiger partial charge >= 0.3 is 0 Å². The SMILES string of the molecule is C=CC[C@@H](N)c1cc(F)cc(Br)c1.Cl. The molecule has 0 heterocycles. The molecular weight excluding hydrogens is 268 g/mol. The van der Waals surface area contributed by atoms with Crippen LogP contribution in [0.15, 0.2) is 35.3 Å². The first-order valence-corrected chi connectivity index (χ1v) is 4.75. The molecule has 0 amide bonds. The summed E-state index contributed by atoms with van der Waals surface area (Å²) in [5, 5.41) is 0. The molecule has 14 heavy (non-hydrogen) atoms. The van der Waals surface area contributed by atoms with Crippen molar-refractivity contribution in [3.63, 3.8) is 0 Å². The Labute approximate surface area is 97.7 Å². The van der Waals surface area contributed by atoms with Gasteiger partial charge in [0.1, 0.15) is 5.82 Å². The highest BCUT2D eigenvalue weighted by molar-refractivity contribution is 9.10. The maximum Gasteiger partial charge on any atom is 0.124 e. The highest BCUT2D eigenvalue weighted by atomic mass is 79.9. The topological polar surface area (TPSA) is 26.0 Å². The molecule has 0 unspecified atom stereocenters. The zero-order chi connectivity index (χ0) is 9.84. The molecule has 4 heteroatoms. The molecule has 2 N–H and O–H groups in total. The van der Waals surface area contributed by atoms with Crippen LogP contribution in [0.3, 0.4) is 0 Å². The maximum atomic E-state index is 12.9. The number of hydrogen-bond donors (Lipinski definition) is 1. The third kappa shape index (κ3) is 3.78. The van der Waals surface area contributed by atoms with E-state index in [1.165, 1.54) is 12.1 Å². The van der Waals surface area contributed by atoms with Crippen LogP contribution in [0.1, 0.15) is 18.0 Å². The molecule has 0 radical (unpaired) electrons. The van der Waals surface area contributed by atoms with Crippen molar-refractivity contribution >= 4 is 28.3 Å². The monoisotopic (exact) mass is 279 g/mol. The van der Waals surface area contributed by atoms with Gasteiger partial charge in [-0.3, -0.25) is 0 Å². The van der Waals surface area contributed by atoms with Crippen LogP contribution in [0.2, 0.25) is 0 Å². The van der Waals surface area contributed by atoms with E-state index >= 15 is 0 Å². The fourth-order valence-corrected chi connectivity index (χ4v) is 1.59. The van der Waals surface area contributed by atoms with E-state index in [1.54, 1.807) is 6.08 Å². The molecule has 0 saturated carbocycles. The summed E-state index contributed by atoms with van der Waals surface area (Å²) in [6, 6.07) is 4.49. The van der Waals surface area contributed by atoms with Crippen molar-refractivity contribution < 1.29 is 4.39 Å². The smallest absolute Gasteiger partial charge is 0.124 e. The lowest BCUT2D eigenvalue weighted by molar-refractivity contribution is 0.618. The van der Waals surface area contributed by atoms with Crippen molar-refractivity contribution in [3.05, 3.63) is 46.7 Å². The van der Waals surface area contributed by atoms with Crippen LogP contribution in [0.5, 0.6) is 0 Å². The van der Waals surface area contributed by atoms with Crippen molar-refractivity contribution in [2.24, 2.45) is 5.73 Å². The van der Waals surface area contributed by atoms with Gasteiger partial charge in [0.2, 0.25) is 0 Å². The van der Waals surface area contributed by atoms with Crippen molar-refractivity contribution in [3.8, 4) is 0 Å². The van der Waals surface area contributed by atoms with Gasteiger partial charge in [-0.25, -0.2) is 4.39 Å². The summed E-state index contributed by atoms with van der Waals surface area (Å²) in [4.78, 5) is 0. The van der Waals surface area contributed by atoms with E-state index in [1.807, 2.05) is 6.07 Å². The minimum Gasteiger partial charge on any atom is -0.324 e. The summed E-state index contributed by atoms with van der Waals surface area (Å²) in [6.07, 6.45) is 2.37. The Morgan fingerprint density at radius 1 is 1.50 bits per heavy atom. The number of benzene rings is 1. The van der Waals surface area contributed by atoms with E-state index in [9.17, 15) is 4.39 Å². The largest absolute Gasteiger partial charge is 0.324 e. The minimum atomic E-state index is -0.274. The van der Waals surface area contributed by atoms with Gasteiger partial charge < -0.3 is 5.73 Å². The van der Waals surface area contributed by atoms with Gasteiger partial charge in [-0.05, 0) is 30.2 Å². The van der Waals surface area contributed by atoms with Gasteiger partial charge in [0.05, 0.1) is 0 Å². The molecule has 0 spiro atoms. The molecule has 1 atom stereocenters. The van der Waals surface area contributed by atoms with Gasteiger partial charge in [-0.1, -0.05) is 22.0 Å². The molecule has 0 saturated heterocycles. The first-order valence-electron chi connectivity index (χ1n) is 3.96. The quantitative estimate of drug-likeness (QED) is 0.841. The number of halogens is 3. The van der Waals surface area contributed by atoms with Gasteiger partial charge in [0.25, 0.3) is 0 Å². The standard InChI is InChI=1S/C10H11BrFN.ClH/c1-2-3-10(13)7-4-8(11)6-9(12)5-7;/h2,4-6,10H,1,3,13H2;1H/t10-;/m1./s1. The molecule has 1 aromatic carbocycles. The maximum absolute atomic E-state index is 12.9. The molecule has 78 valence electrons. The van der Waals surface area contributed by atoms with E-state index in [0.29, 0.717) is 10.9 Å². The molecule has 1 aromatic rings. The van der Waals surface area contributed by atoms with Crippen LogP contribution < -0.4 is 5.73 Å². The predicted octanol–water partition coefficient (Wildman–Crippen LogP) is 3.59. The van der Waals surface area contributed by atoms with Gasteiger partial charge in [-0.2, -0.15) is 0 Å². The highest BCUT2D eigenvalue weighted by Crippen LogP contribution is 2.20. The van der Waals surface area contributed by atoms with Crippen LogP contribution in [-0.4, -0.2) is 0 Å². The van der Waals surface area contributed by atoms with Crippen molar-refractivity contribution in [2.45, 2.75) is 12.5 Å². The number of hydrogen-bond acceptors (Lipinski definition) is 1. The third-order valence-electron chi connectivity index (χ3n) is 1.73. The summed E-state index contributed by atoms with van der Waals surface area (Å²) in [7, 11) is 0. The van der Waals surface area contributed by atoms with Crippen molar-refractivity contribution in [2.75, 3.05) is 0 Å². The molecule has 0 aliphatic rings. The van der Waals surface area contributed by atoms with E-state index in [0.717, 1.165) is 5.56 Å². The van der Waals surface area contributed by atoms with Crippen LogP contribution in [0, 0.1) is 5.82 Å². The first kappa shape index (κ1) is 13.6. The van der Waals surface area contributed by atoms with Gasteiger partial charge in [0.15, 0.2) is 0 Å². The molecule has 0 aliphatic carbocycles.